The fourth-order valence-electron chi connectivity index (χ4n) is 3.47. The summed E-state index contributed by atoms with van der Waals surface area (Å²) in [7, 11) is 0. The van der Waals surface area contributed by atoms with Gasteiger partial charge in [0.25, 0.3) is 0 Å². The minimum absolute atomic E-state index is 0.0265. The van der Waals surface area contributed by atoms with Crippen LogP contribution < -0.4 is 5.32 Å². The highest BCUT2D eigenvalue weighted by Crippen LogP contribution is 2.21. The molecular formula is C26H36N2O2S. The second kappa shape index (κ2) is 13.2. The first kappa shape index (κ1) is 25.0. The van der Waals surface area contributed by atoms with Gasteiger partial charge in [-0.25, -0.2) is 0 Å². The van der Waals surface area contributed by atoms with Crippen molar-refractivity contribution in [2.24, 2.45) is 0 Å². The van der Waals surface area contributed by atoms with Gasteiger partial charge >= 0.3 is 0 Å². The first-order valence-electron chi connectivity index (χ1n) is 11.3. The summed E-state index contributed by atoms with van der Waals surface area (Å²) in [5.74, 6) is 0.668. The predicted octanol–water partition coefficient (Wildman–Crippen LogP) is 5.51. The zero-order chi connectivity index (χ0) is 22.6. The van der Waals surface area contributed by atoms with E-state index in [0.29, 0.717) is 31.7 Å². The zero-order valence-electron chi connectivity index (χ0n) is 19.3. The quantitative estimate of drug-likeness (QED) is 0.350. The Labute approximate surface area is 191 Å². The van der Waals surface area contributed by atoms with E-state index in [2.05, 4.69) is 49.5 Å². The summed E-state index contributed by atoms with van der Waals surface area (Å²) in [5.41, 5.74) is 3.43. The predicted molar refractivity (Wildman–Crippen MR) is 130 cm³/mol. The van der Waals surface area contributed by atoms with E-state index in [1.165, 1.54) is 5.56 Å². The van der Waals surface area contributed by atoms with Crippen LogP contribution in [0, 0.1) is 13.8 Å². The second-order valence-electron chi connectivity index (χ2n) is 7.99. The van der Waals surface area contributed by atoms with Crippen LogP contribution in [-0.4, -0.2) is 35.1 Å². The summed E-state index contributed by atoms with van der Waals surface area (Å²) < 4.78 is 0. The number of nitrogens with one attached hydrogen (secondary N) is 1. The molecule has 4 nitrogen and oxygen atoms in total. The van der Waals surface area contributed by atoms with Gasteiger partial charge in [-0.05, 0) is 44.4 Å². The maximum atomic E-state index is 13.2. The van der Waals surface area contributed by atoms with Gasteiger partial charge in [-0.3, -0.25) is 9.59 Å². The number of benzene rings is 2. The Morgan fingerprint density at radius 2 is 1.77 bits per heavy atom. The lowest BCUT2D eigenvalue weighted by Crippen LogP contribution is -2.49. The normalized spacial score (nSPS) is 11.7. The minimum atomic E-state index is -0.450. The Balaban J connectivity index is 2.09. The van der Waals surface area contributed by atoms with Crippen LogP contribution in [0.4, 0.5) is 0 Å². The summed E-state index contributed by atoms with van der Waals surface area (Å²) in [5, 5.41) is 3.02. The van der Waals surface area contributed by atoms with Gasteiger partial charge in [-0.15, -0.1) is 11.8 Å². The average molecular weight is 441 g/mol. The molecule has 1 atom stereocenters. The number of hydrogen-bond donors (Lipinski definition) is 1. The number of carbonyl (C=O) groups is 2. The monoisotopic (exact) mass is 440 g/mol. The molecule has 0 heterocycles. The molecule has 2 rings (SSSR count). The van der Waals surface area contributed by atoms with Crippen LogP contribution >= 0.6 is 11.8 Å². The fraction of sp³-hybridized carbons (Fsp3) is 0.462. The molecule has 0 aliphatic rings. The van der Waals surface area contributed by atoms with Crippen molar-refractivity contribution >= 4 is 23.6 Å². The van der Waals surface area contributed by atoms with Crippen LogP contribution in [0.3, 0.4) is 0 Å². The molecule has 2 aromatic carbocycles. The molecule has 0 bridgehead atoms. The zero-order valence-corrected chi connectivity index (χ0v) is 20.1. The molecule has 5 heteroatoms. The van der Waals surface area contributed by atoms with E-state index < -0.39 is 6.04 Å². The Hall–Kier alpha value is -2.27. The van der Waals surface area contributed by atoms with Crippen molar-refractivity contribution < 1.29 is 9.59 Å². The van der Waals surface area contributed by atoms with E-state index in [0.717, 1.165) is 28.9 Å². The van der Waals surface area contributed by atoms with E-state index in [1.807, 2.05) is 32.0 Å². The Kier molecular flexibility index (Phi) is 10.6. The number of unbranched alkanes of at least 4 members (excludes halogenated alkanes) is 1. The third-order valence-electron chi connectivity index (χ3n) is 5.26. The number of carbonyl (C=O) groups excluding carboxylic acids is 2. The van der Waals surface area contributed by atoms with E-state index in [1.54, 1.807) is 16.7 Å². The molecule has 1 N–H and O–H groups in total. The van der Waals surface area contributed by atoms with Crippen LogP contribution in [0.5, 0.6) is 0 Å². The topological polar surface area (TPSA) is 49.4 Å². The molecule has 0 saturated carbocycles. The van der Waals surface area contributed by atoms with Crippen molar-refractivity contribution in [1.29, 1.82) is 0 Å². The lowest BCUT2D eigenvalue weighted by Gasteiger charge is -2.31. The highest BCUT2D eigenvalue weighted by molar-refractivity contribution is 7.99. The molecule has 0 spiro atoms. The van der Waals surface area contributed by atoms with Crippen LogP contribution in [-0.2, 0) is 16.1 Å². The summed E-state index contributed by atoms with van der Waals surface area (Å²) >= 11 is 1.68. The van der Waals surface area contributed by atoms with Gasteiger partial charge in [0.2, 0.25) is 11.8 Å². The van der Waals surface area contributed by atoms with Crippen molar-refractivity contribution in [2.75, 3.05) is 12.3 Å². The summed E-state index contributed by atoms with van der Waals surface area (Å²) in [6.45, 7) is 9.29. The Morgan fingerprint density at radius 1 is 1.03 bits per heavy atom. The third-order valence-corrected chi connectivity index (χ3v) is 6.27. The van der Waals surface area contributed by atoms with Crippen LogP contribution in [0.2, 0.25) is 0 Å². The molecule has 168 valence electrons. The number of nitrogens with zero attached hydrogens (tertiary/aromatic N) is 1. The fourth-order valence-corrected chi connectivity index (χ4v) is 4.31. The van der Waals surface area contributed by atoms with Crippen molar-refractivity contribution in [3.8, 4) is 0 Å². The molecule has 0 fully saturated rings. The molecular weight excluding hydrogens is 404 g/mol. The van der Waals surface area contributed by atoms with Crippen LogP contribution in [0.15, 0.2) is 53.4 Å². The summed E-state index contributed by atoms with van der Waals surface area (Å²) in [6, 6.07) is 16.1. The van der Waals surface area contributed by atoms with Crippen molar-refractivity contribution in [3.63, 3.8) is 0 Å². The molecule has 2 aromatic rings. The lowest BCUT2D eigenvalue weighted by molar-refractivity contribution is -0.141. The van der Waals surface area contributed by atoms with Crippen molar-refractivity contribution in [2.45, 2.75) is 70.9 Å². The summed E-state index contributed by atoms with van der Waals surface area (Å²) in [6.07, 6.45) is 2.98. The third kappa shape index (κ3) is 8.41. The molecule has 0 aliphatic heterocycles. The van der Waals surface area contributed by atoms with Crippen LogP contribution in [0.25, 0.3) is 0 Å². The number of thioether (sulfide) groups is 1. The minimum Gasteiger partial charge on any atom is -0.354 e. The first-order valence-corrected chi connectivity index (χ1v) is 12.2. The number of amides is 2. The van der Waals surface area contributed by atoms with E-state index in [9.17, 15) is 9.59 Å². The maximum Gasteiger partial charge on any atom is 0.242 e. The van der Waals surface area contributed by atoms with Gasteiger partial charge in [-0.2, -0.15) is 0 Å². The first-order chi connectivity index (χ1) is 14.9. The van der Waals surface area contributed by atoms with Gasteiger partial charge < -0.3 is 10.2 Å². The summed E-state index contributed by atoms with van der Waals surface area (Å²) in [4.78, 5) is 29.0. The van der Waals surface area contributed by atoms with Crippen molar-refractivity contribution in [3.05, 3.63) is 65.2 Å². The molecule has 0 radical (unpaired) electrons. The van der Waals surface area contributed by atoms with E-state index in [4.69, 9.17) is 0 Å². The molecule has 0 saturated heterocycles. The molecule has 0 aromatic heterocycles. The number of rotatable bonds is 12. The smallest absolute Gasteiger partial charge is 0.242 e. The average Bonchev–Trinajstić information content (AvgIpc) is 2.75. The van der Waals surface area contributed by atoms with Gasteiger partial charge in [0, 0.05) is 30.2 Å². The Bertz CT molecular complexity index is 836. The molecule has 2 amide bonds. The highest BCUT2D eigenvalue weighted by Gasteiger charge is 2.28. The SMILES string of the molecule is CCCCNC(=O)C(CC)N(Cc1cccc(C)c1)C(=O)CCSc1ccc(C)cc1. The standard InChI is InChI=1S/C26H36N2O2S/c1-5-7-16-27-26(30)24(6-2)28(19-22-10-8-9-21(4)18-22)25(29)15-17-31-23-13-11-20(3)12-14-23/h8-14,18,24H,5-7,15-17,19H2,1-4H3,(H,27,30). The maximum absolute atomic E-state index is 13.2. The van der Waals surface area contributed by atoms with Crippen molar-refractivity contribution in [1.82, 2.24) is 10.2 Å². The molecule has 0 aliphatic carbocycles. The van der Waals surface area contributed by atoms with E-state index in [-0.39, 0.29) is 11.8 Å². The van der Waals surface area contributed by atoms with Gasteiger partial charge in [0.05, 0.1) is 0 Å². The highest BCUT2D eigenvalue weighted by atomic mass is 32.2. The largest absolute Gasteiger partial charge is 0.354 e. The van der Waals surface area contributed by atoms with E-state index >= 15 is 0 Å². The van der Waals surface area contributed by atoms with Gasteiger partial charge in [0.15, 0.2) is 0 Å². The van der Waals surface area contributed by atoms with Crippen LogP contribution in [0.1, 0.15) is 56.2 Å². The van der Waals surface area contributed by atoms with Gasteiger partial charge in [-0.1, -0.05) is 67.8 Å². The number of aryl methyl sites for hydroxylation is 2. The molecule has 31 heavy (non-hydrogen) atoms. The molecule has 1 unspecified atom stereocenters. The Morgan fingerprint density at radius 3 is 2.42 bits per heavy atom. The lowest BCUT2D eigenvalue weighted by atomic mass is 10.1. The van der Waals surface area contributed by atoms with Gasteiger partial charge in [0.1, 0.15) is 6.04 Å². The number of hydrogen-bond acceptors (Lipinski definition) is 3. The second-order valence-corrected chi connectivity index (χ2v) is 9.16.